The Hall–Kier alpha value is -1.94. The molecule has 3 unspecified atom stereocenters. The number of unbranched alkanes of at least 4 members (excludes halogenated alkanes) is 46. The molecule has 0 spiro atoms. The van der Waals surface area contributed by atoms with E-state index in [0.29, 0.717) is 25.7 Å². The number of hydrogen-bond acceptors (Lipinski definition) is 15. The summed E-state index contributed by atoms with van der Waals surface area (Å²) in [6.07, 6.45) is 56.8. The number of phosphoric acid groups is 2. The summed E-state index contributed by atoms with van der Waals surface area (Å²) in [6, 6.07) is 0. The number of aliphatic hydroxyl groups excluding tert-OH is 1. The van der Waals surface area contributed by atoms with Gasteiger partial charge < -0.3 is 33.8 Å². The molecule has 558 valence electrons. The molecule has 0 bridgehead atoms. The van der Waals surface area contributed by atoms with E-state index in [2.05, 4.69) is 34.6 Å². The van der Waals surface area contributed by atoms with Gasteiger partial charge in [-0.1, -0.05) is 343 Å². The van der Waals surface area contributed by atoms with Crippen LogP contribution in [0.2, 0.25) is 0 Å². The Morgan fingerprint density at radius 3 is 0.755 bits per heavy atom. The molecule has 0 aliphatic rings. The summed E-state index contributed by atoms with van der Waals surface area (Å²) in [4.78, 5) is 72.7. The summed E-state index contributed by atoms with van der Waals surface area (Å²) in [6.45, 7) is 7.28. The standard InChI is InChI=1S/C75H146O17P2/c1-6-10-13-16-19-22-25-27-28-29-30-31-32-33-34-36-39-46-51-56-61-75(80)92-71(65-86-73(78)59-54-49-44-41-40-42-47-52-57-68(5)9-4)67-90-94(83,84)88-63-69(76)62-87-93(81,82)89-66-70(64-85-72(77)58-53-48-43-37-24-21-18-15-12-8-3)91-74(79)60-55-50-45-38-35-26-23-20-17-14-11-7-2/h68-71,76H,6-67H2,1-5H3,(H,81,82)(H,83,84)/t68?,69-,70+,71+/m0/s1. The topological polar surface area (TPSA) is 237 Å². The second-order valence-corrected chi connectivity index (χ2v) is 30.2. The lowest BCUT2D eigenvalue weighted by atomic mass is 9.99. The van der Waals surface area contributed by atoms with Crippen molar-refractivity contribution in [2.75, 3.05) is 39.6 Å². The fourth-order valence-electron chi connectivity index (χ4n) is 11.5. The molecule has 0 aliphatic carbocycles. The summed E-state index contributed by atoms with van der Waals surface area (Å²) >= 11 is 0. The van der Waals surface area contributed by atoms with Crippen molar-refractivity contribution in [3.63, 3.8) is 0 Å². The van der Waals surface area contributed by atoms with Crippen molar-refractivity contribution in [3.8, 4) is 0 Å². The van der Waals surface area contributed by atoms with Gasteiger partial charge >= 0.3 is 39.5 Å². The Bertz CT molecular complexity index is 1810. The van der Waals surface area contributed by atoms with Crippen LogP contribution in [0.4, 0.5) is 0 Å². The van der Waals surface area contributed by atoms with Crippen LogP contribution >= 0.6 is 15.6 Å². The number of carbonyl (C=O) groups excluding carboxylic acids is 4. The van der Waals surface area contributed by atoms with Crippen LogP contribution in [-0.2, 0) is 65.4 Å². The first kappa shape index (κ1) is 92.1. The quantitative estimate of drug-likeness (QED) is 0.0222. The lowest BCUT2D eigenvalue weighted by molar-refractivity contribution is -0.161. The third kappa shape index (κ3) is 67.3. The number of esters is 4. The van der Waals surface area contributed by atoms with Crippen molar-refractivity contribution >= 4 is 39.5 Å². The minimum absolute atomic E-state index is 0.108. The molecule has 19 heteroatoms. The lowest BCUT2D eigenvalue weighted by Crippen LogP contribution is -2.30. The predicted octanol–water partition coefficient (Wildman–Crippen LogP) is 22.1. The average Bonchev–Trinajstić information content (AvgIpc) is 1.47. The van der Waals surface area contributed by atoms with E-state index < -0.39 is 97.5 Å². The fourth-order valence-corrected chi connectivity index (χ4v) is 13.1. The van der Waals surface area contributed by atoms with Crippen LogP contribution in [0.15, 0.2) is 0 Å². The zero-order valence-corrected chi connectivity index (χ0v) is 62.9. The molecular weight excluding hydrogens is 1230 g/mol. The Labute approximate surface area is 575 Å². The molecule has 0 aromatic rings. The van der Waals surface area contributed by atoms with Crippen molar-refractivity contribution in [2.24, 2.45) is 5.92 Å². The van der Waals surface area contributed by atoms with Gasteiger partial charge in [0.2, 0.25) is 0 Å². The molecular formula is C75H146O17P2. The molecule has 0 fully saturated rings. The Morgan fingerprint density at radius 1 is 0.298 bits per heavy atom. The zero-order valence-electron chi connectivity index (χ0n) is 61.1. The van der Waals surface area contributed by atoms with E-state index >= 15 is 0 Å². The van der Waals surface area contributed by atoms with E-state index in [1.165, 1.54) is 218 Å². The molecule has 0 aromatic heterocycles. The molecule has 0 aromatic carbocycles. The normalized spacial score (nSPS) is 14.3. The fraction of sp³-hybridized carbons (Fsp3) is 0.947. The maximum absolute atomic E-state index is 13.1. The molecule has 0 amide bonds. The average molecular weight is 1380 g/mol. The predicted molar refractivity (Wildman–Crippen MR) is 382 cm³/mol. The van der Waals surface area contributed by atoms with Crippen molar-refractivity contribution in [2.45, 2.75) is 412 Å². The molecule has 0 aliphatic heterocycles. The third-order valence-electron chi connectivity index (χ3n) is 17.9. The Balaban J connectivity index is 5.20. The van der Waals surface area contributed by atoms with Crippen LogP contribution in [0.3, 0.4) is 0 Å². The Kier molecular flexibility index (Phi) is 66.8. The van der Waals surface area contributed by atoms with E-state index in [4.69, 9.17) is 37.0 Å². The summed E-state index contributed by atoms with van der Waals surface area (Å²) in [5.41, 5.74) is 0. The van der Waals surface area contributed by atoms with Crippen molar-refractivity contribution in [3.05, 3.63) is 0 Å². The summed E-state index contributed by atoms with van der Waals surface area (Å²) < 4.78 is 68.5. The zero-order chi connectivity index (χ0) is 69.1. The minimum Gasteiger partial charge on any atom is -0.462 e. The van der Waals surface area contributed by atoms with Crippen molar-refractivity contribution in [1.29, 1.82) is 0 Å². The van der Waals surface area contributed by atoms with Crippen LogP contribution in [0.5, 0.6) is 0 Å². The van der Waals surface area contributed by atoms with Crippen LogP contribution in [0.1, 0.15) is 394 Å². The van der Waals surface area contributed by atoms with Crippen molar-refractivity contribution < 1.29 is 80.2 Å². The van der Waals surface area contributed by atoms with Gasteiger partial charge in [0.05, 0.1) is 26.4 Å². The SMILES string of the molecule is CCCCCCCCCCCCCCCCCCCCCCC(=O)O[C@H](COC(=O)CCCCCCCCCCC(C)CC)COP(=O)(O)OC[C@@H](O)COP(=O)(O)OC[C@@H](COC(=O)CCCCCCCCCCCC)OC(=O)CCCCCCCCCCCCCC. The molecule has 3 N–H and O–H groups in total. The number of phosphoric ester groups is 2. The number of carbonyl (C=O) groups is 4. The Morgan fingerprint density at radius 2 is 0.511 bits per heavy atom. The number of rotatable bonds is 75. The second kappa shape index (κ2) is 68.2. The molecule has 94 heavy (non-hydrogen) atoms. The monoisotopic (exact) mass is 1380 g/mol. The molecule has 0 radical (unpaired) electrons. The van der Waals surface area contributed by atoms with Crippen LogP contribution in [-0.4, -0.2) is 96.7 Å². The van der Waals surface area contributed by atoms with Gasteiger partial charge in [0.1, 0.15) is 19.3 Å². The van der Waals surface area contributed by atoms with Crippen LogP contribution < -0.4 is 0 Å². The largest absolute Gasteiger partial charge is 0.472 e. The highest BCUT2D eigenvalue weighted by Gasteiger charge is 2.30. The third-order valence-corrected chi connectivity index (χ3v) is 19.8. The highest BCUT2D eigenvalue weighted by Crippen LogP contribution is 2.45. The summed E-state index contributed by atoms with van der Waals surface area (Å²) in [7, 11) is -9.91. The van der Waals surface area contributed by atoms with Gasteiger partial charge in [0.15, 0.2) is 12.2 Å². The van der Waals surface area contributed by atoms with Crippen molar-refractivity contribution in [1.82, 2.24) is 0 Å². The molecule has 6 atom stereocenters. The highest BCUT2D eigenvalue weighted by molar-refractivity contribution is 7.47. The number of hydrogen-bond donors (Lipinski definition) is 3. The first-order chi connectivity index (χ1) is 45.6. The van der Waals surface area contributed by atoms with E-state index in [0.717, 1.165) is 95.8 Å². The van der Waals surface area contributed by atoms with Crippen LogP contribution in [0.25, 0.3) is 0 Å². The first-order valence-corrected chi connectivity index (χ1v) is 42.2. The van der Waals surface area contributed by atoms with E-state index in [1.807, 2.05) is 0 Å². The van der Waals surface area contributed by atoms with Gasteiger partial charge in [-0.15, -0.1) is 0 Å². The molecule has 0 saturated heterocycles. The van der Waals surface area contributed by atoms with Gasteiger partial charge in [-0.2, -0.15) is 0 Å². The van der Waals surface area contributed by atoms with Gasteiger partial charge in [-0.05, 0) is 31.6 Å². The molecule has 17 nitrogen and oxygen atoms in total. The highest BCUT2D eigenvalue weighted by atomic mass is 31.2. The second-order valence-electron chi connectivity index (χ2n) is 27.3. The minimum atomic E-state index is -4.96. The maximum Gasteiger partial charge on any atom is 0.472 e. The molecule has 0 rings (SSSR count). The number of ether oxygens (including phenoxy) is 4. The summed E-state index contributed by atoms with van der Waals surface area (Å²) in [5, 5.41) is 10.6. The maximum atomic E-state index is 13.1. The molecule has 0 heterocycles. The lowest BCUT2D eigenvalue weighted by Gasteiger charge is -2.21. The van der Waals surface area contributed by atoms with Gasteiger partial charge in [-0.3, -0.25) is 37.3 Å². The summed E-state index contributed by atoms with van der Waals surface area (Å²) in [5.74, 6) is -1.34. The smallest absolute Gasteiger partial charge is 0.462 e. The first-order valence-electron chi connectivity index (χ1n) is 39.2. The van der Waals surface area contributed by atoms with E-state index in [1.54, 1.807) is 0 Å². The van der Waals surface area contributed by atoms with Gasteiger partial charge in [0.25, 0.3) is 0 Å². The number of aliphatic hydroxyl groups is 1. The van der Waals surface area contributed by atoms with E-state index in [-0.39, 0.29) is 25.7 Å². The van der Waals surface area contributed by atoms with Gasteiger partial charge in [0, 0.05) is 25.7 Å². The van der Waals surface area contributed by atoms with E-state index in [9.17, 15) is 43.2 Å². The van der Waals surface area contributed by atoms with Crippen LogP contribution in [0, 0.1) is 5.92 Å². The van der Waals surface area contributed by atoms with Gasteiger partial charge in [-0.25, -0.2) is 9.13 Å². The molecule has 0 saturated carbocycles.